The first-order valence-corrected chi connectivity index (χ1v) is 11.7. The summed E-state index contributed by atoms with van der Waals surface area (Å²) in [6, 6.07) is 6.56. The van der Waals surface area contributed by atoms with Gasteiger partial charge in [0.2, 0.25) is 11.9 Å². The lowest BCUT2D eigenvalue weighted by atomic mass is 9.99. The van der Waals surface area contributed by atoms with Gasteiger partial charge < -0.3 is 15.1 Å². The van der Waals surface area contributed by atoms with Crippen LogP contribution in [0.2, 0.25) is 0 Å². The fourth-order valence-electron chi connectivity index (χ4n) is 3.96. The lowest BCUT2D eigenvalue weighted by molar-refractivity contribution is -0.126. The Hall–Kier alpha value is -3.52. The third-order valence-corrected chi connectivity index (χ3v) is 5.89. The highest BCUT2D eigenvalue weighted by Crippen LogP contribution is 2.26. The Bertz CT molecular complexity index is 1200. The van der Waals surface area contributed by atoms with Crippen LogP contribution in [-0.2, 0) is 17.8 Å². The molecule has 1 aromatic carbocycles. The Morgan fingerprint density at radius 1 is 1.24 bits per heavy atom. The number of nitrogens with zero attached hydrogens (tertiary/aromatic N) is 6. The largest absolute Gasteiger partial charge is 0.334 e. The fraction of sp³-hybridized carbons (Fsp3) is 0.385. The van der Waals surface area contributed by atoms with Gasteiger partial charge in [0.25, 0.3) is 0 Å². The smallest absolute Gasteiger partial charge is 0.246 e. The van der Waals surface area contributed by atoms with E-state index in [4.69, 9.17) is 4.98 Å². The standard InChI is InChI=1S/C26H33N7O/c1-18(2)33-17-22(15-28-33)25-19(3)14-27-26(30-25)29-23-9-8-20-10-12-32(16-21(20)13-23)24(34)7-6-11-31(4)5/h6-9,13-15,17-18H,10-12,16H2,1-5H3,(H,27,29,30)/b7-6+. The molecule has 34 heavy (non-hydrogen) atoms. The molecule has 0 aliphatic carbocycles. The van der Waals surface area contributed by atoms with Crippen LogP contribution in [0.4, 0.5) is 11.6 Å². The van der Waals surface area contributed by atoms with E-state index in [2.05, 4.69) is 41.4 Å². The van der Waals surface area contributed by atoms with E-state index in [1.165, 1.54) is 5.56 Å². The quantitative estimate of drug-likeness (QED) is 0.539. The van der Waals surface area contributed by atoms with Crippen molar-refractivity contribution in [2.45, 2.75) is 39.8 Å². The molecule has 0 saturated carbocycles. The van der Waals surface area contributed by atoms with Crippen LogP contribution in [-0.4, -0.2) is 62.6 Å². The van der Waals surface area contributed by atoms with Crippen molar-refractivity contribution in [1.29, 1.82) is 0 Å². The fourth-order valence-corrected chi connectivity index (χ4v) is 3.96. The zero-order valence-corrected chi connectivity index (χ0v) is 20.6. The van der Waals surface area contributed by atoms with Crippen LogP contribution in [0.5, 0.6) is 0 Å². The molecule has 3 aromatic rings. The molecule has 4 rings (SSSR count). The maximum atomic E-state index is 12.6. The van der Waals surface area contributed by atoms with Crippen molar-refractivity contribution < 1.29 is 4.79 Å². The van der Waals surface area contributed by atoms with Gasteiger partial charge in [-0.2, -0.15) is 5.10 Å². The lowest BCUT2D eigenvalue weighted by Gasteiger charge is -2.28. The molecule has 2 aromatic heterocycles. The first-order valence-electron chi connectivity index (χ1n) is 11.7. The molecule has 1 aliphatic rings. The molecule has 1 aliphatic heterocycles. The second-order valence-corrected chi connectivity index (χ2v) is 9.31. The molecule has 1 N–H and O–H groups in total. The van der Waals surface area contributed by atoms with Gasteiger partial charge in [0, 0.05) is 55.4 Å². The van der Waals surface area contributed by atoms with Crippen molar-refractivity contribution in [2.24, 2.45) is 0 Å². The van der Waals surface area contributed by atoms with E-state index in [1.807, 2.05) is 66.2 Å². The number of aryl methyl sites for hydroxylation is 1. The Kier molecular flexibility index (Phi) is 7.07. The van der Waals surface area contributed by atoms with E-state index < -0.39 is 0 Å². The first kappa shape index (κ1) is 23.6. The van der Waals surface area contributed by atoms with Crippen molar-refractivity contribution in [3.05, 3.63) is 65.6 Å². The summed E-state index contributed by atoms with van der Waals surface area (Å²) in [6.07, 6.45) is 10.1. The second kappa shape index (κ2) is 10.2. The topological polar surface area (TPSA) is 79.2 Å². The summed E-state index contributed by atoms with van der Waals surface area (Å²) in [4.78, 5) is 25.8. The summed E-state index contributed by atoms with van der Waals surface area (Å²) in [7, 11) is 3.97. The van der Waals surface area contributed by atoms with Gasteiger partial charge in [-0.3, -0.25) is 9.48 Å². The minimum Gasteiger partial charge on any atom is -0.334 e. The van der Waals surface area contributed by atoms with E-state index in [-0.39, 0.29) is 5.91 Å². The zero-order valence-electron chi connectivity index (χ0n) is 20.6. The number of nitrogens with one attached hydrogen (secondary N) is 1. The van der Waals surface area contributed by atoms with Gasteiger partial charge in [0.15, 0.2) is 0 Å². The molecule has 0 radical (unpaired) electrons. The van der Waals surface area contributed by atoms with Crippen LogP contribution < -0.4 is 5.32 Å². The summed E-state index contributed by atoms with van der Waals surface area (Å²) in [5.74, 6) is 0.590. The minimum absolute atomic E-state index is 0.0549. The molecule has 3 heterocycles. The maximum absolute atomic E-state index is 12.6. The summed E-state index contributed by atoms with van der Waals surface area (Å²) >= 11 is 0. The number of amides is 1. The van der Waals surface area contributed by atoms with Crippen molar-refractivity contribution >= 4 is 17.5 Å². The summed E-state index contributed by atoms with van der Waals surface area (Å²) in [5.41, 5.74) is 6.16. The van der Waals surface area contributed by atoms with Gasteiger partial charge in [-0.1, -0.05) is 12.1 Å². The van der Waals surface area contributed by atoms with E-state index >= 15 is 0 Å². The van der Waals surface area contributed by atoms with Crippen molar-refractivity contribution in [2.75, 3.05) is 32.5 Å². The van der Waals surface area contributed by atoms with Crippen molar-refractivity contribution in [3.8, 4) is 11.3 Å². The van der Waals surface area contributed by atoms with Gasteiger partial charge >= 0.3 is 0 Å². The van der Waals surface area contributed by atoms with Crippen LogP contribution in [0.3, 0.4) is 0 Å². The van der Waals surface area contributed by atoms with Crippen molar-refractivity contribution in [1.82, 2.24) is 29.5 Å². The number of likely N-dealkylation sites (N-methyl/N-ethyl adjacent to an activating group) is 1. The highest BCUT2D eigenvalue weighted by Gasteiger charge is 2.20. The van der Waals surface area contributed by atoms with Crippen LogP contribution in [0.1, 0.15) is 36.6 Å². The summed E-state index contributed by atoms with van der Waals surface area (Å²) < 4.78 is 1.93. The van der Waals surface area contributed by atoms with Gasteiger partial charge in [-0.25, -0.2) is 9.97 Å². The monoisotopic (exact) mass is 459 g/mol. The van der Waals surface area contributed by atoms with E-state index in [1.54, 1.807) is 6.08 Å². The molecular weight excluding hydrogens is 426 g/mol. The molecular formula is C26H33N7O. The predicted molar refractivity (Wildman–Crippen MR) is 135 cm³/mol. The normalized spacial score (nSPS) is 13.7. The molecule has 0 spiro atoms. The number of anilines is 2. The molecule has 8 heteroatoms. The Morgan fingerprint density at radius 2 is 2.06 bits per heavy atom. The molecule has 0 unspecified atom stereocenters. The minimum atomic E-state index is 0.0549. The second-order valence-electron chi connectivity index (χ2n) is 9.31. The average Bonchev–Trinajstić information content (AvgIpc) is 3.30. The van der Waals surface area contributed by atoms with Crippen LogP contribution in [0.15, 0.2) is 48.9 Å². The molecule has 0 fully saturated rings. The van der Waals surface area contributed by atoms with Crippen LogP contribution in [0, 0.1) is 6.92 Å². The number of aromatic nitrogens is 4. The Balaban J connectivity index is 1.49. The SMILES string of the molecule is Cc1cnc(Nc2ccc3c(c2)CN(C(=O)/C=C/CN(C)C)CC3)nc1-c1cnn(C(C)C)c1. The highest BCUT2D eigenvalue weighted by atomic mass is 16.2. The van der Waals surface area contributed by atoms with E-state index in [0.717, 1.165) is 47.6 Å². The predicted octanol–water partition coefficient (Wildman–Crippen LogP) is 3.98. The van der Waals surface area contributed by atoms with Crippen LogP contribution in [0.25, 0.3) is 11.3 Å². The third kappa shape index (κ3) is 5.51. The molecule has 178 valence electrons. The van der Waals surface area contributed by atoms with Gasteiger partial charge in [-0.05, 0) is 70.1 Å². The lowest BCUT2D eigenvalue weighted by Crippen LogP contribution is -2.35. The van der Waals surface area contributed by atoms with Gasteiger partial charge in [-0.15, -0.1) is 0 Å². The van der Waals surface area contributed by atoms with Crippen molar-refractivity contribution in [3.63, 3.8) is 0 Å². The third-order valence-electron chi connectivity index (χ3n) is 5.89. The zero-order chi connectivity index (χ0) is 24.2. The summed E-state index contributed by atoms with van der Waals surface area (Å²) in [5, 5.41) is 7.78. The van der Waals surface area contributed by atoms with Crippen LogP contribution >= 0.6 is 0 Å². The van der Waals surface area contributed by atoms with Gasteiger partial charge in [0.1, 0.15) is 0 Å². The summed E-state index contributed by atoms with van der Waals surface area (Å²) in [6.45, 7) is 8.29. The maximum Gasteiger partial charge on any atom is 0.246 e. The number of hydrogen-bond acceptors (Lipinski definition) is 6. The molecule has 0 atom stereocenters. The number of carbonyl (C=O) groups excluding carboxylic acids is 1. The molecule has 0 bridgehead atoms. The van der Waals surface area contributed by atoms with E-state index in [0.29, 0.717) is 18.5 Å². The number of rotatable bonds is 7. The molecule has 1 amide bonds. The van der Waals surface area contributed by atoms with Gasteiger partial charge in [0.05, 0.1) is 11.9 Å². The number of fused-ring (bicyclic) bond motifs is 1. The molecule has 8 nitrogen and oxygen atoms in total. The highest BCUT2D eigenvalue weighted by molar-refractivity contribution is 5.87. The molecule has 0 saturated heterocycles. The Morgan fingerprint density at radius 3 is 2.79 bits per heavy atom. The first-order chi connectivity index (χ1) is 16.3. The average molecular weight is 460 g/mol. The Labute approximate surface area is 201 Å². The van der Waals surface area contributed by atoms with E-state index in [9.17, 15) is 4.79 Å². The number of hydrogen-bond donors (Lipinski definition) is 1. The number of benzene rings is 1. The number of carbonyl (C=O) groups is 1.